The quantitative estimate of drug-likeness (QED) is 0.225. The molecule has 0 spiro atoms. The summed E-state index contributed by atoms with van der Waals surface area (Å²) in [5.74, 6) is -0.920. The first-order chi connectivity index (χ1) is 20.4. The molecule has 0 fully saturated rings. The summed E-state index contributed by atoms with van der Waals surface area (Å²) >= 11 is 13.1. The van der Waals surface area contributed by atoms with E-state index in [0.717, 1.165) is 32.6 Å². The number of nitrogens with one attached hydrogen (secondary N) is 1. The van der Waals surface area contributed by atoms with E-state index in [9.17, 15) is 18.0 Å². The van der Waals surface area contributed by atoms with Gasteiger partial charge >= 0.3 is 10.2 Å². The summed E-state index contributed by atoms with van der Waals surface area (Å²) in [7, 11) is -1.27. The molecule has 0 unspecified atom stereocenters. The smallest absolute Gasteiger partial charge is 0.304 e. The molecule has 3 rings (SSSR count). The minimum absolute atomic E-state index is 0.0985. The summed E-state index contributed by atoms with van der Waals surface area (Å²) in [4.78, 5) is 29.6. The fraction of sp³-hybridized carbons (Fsp3) is 0.375. The molecule has 3 aromatic carbocycles. The van der Waals surface area contributed by atoms with E-state index in [1.807, 2.05) is 56.3 Å². The summed E-state index contributed by atoms with van der Waals surface area (Å²) in [6, 6.07) is 18.9. The van der Waals surface area contributed by atoms with Gasteiger partial charge in [-0.15, -0.1) is 0 Å². The van der Waals surface area contributed by atoms with E-state index in [1.54, 1.807) is 31.2 Å². The van der Waals surface area contributed by atoms with Crippen LogP contribution in [0.1, 0.15) is 42.0 Å². The zero-order valence-corrected chi connectivity index (χ0v) is 27.6. The first-order valence-corrected chi connectivity index (χ1v) is 16.3. The van der Waals surface area contributed by atoms with Crippen LogP contribution in [-0.4, -0.2) is 62.7 Å². The number of unbranched alkanes of at least 4 members (excludes halogenated alkanes) is 1. The number of anilines is 1. The number of rotatable bonds is 14. The van der Waals surface area contributed by atoms with Crippen molar-refractivity contribution < 1.29 is 18.0 Å². The van der Waals surface area contributed by atoms with E-state index in [0.29, 0.717) is 33.4 Å². The van der Waals surface area contributed by atoms with Crippen LogP contribution < -0.4 is 9.62 Å². The second-order valence-corrected chi connectivity index (χ2v) is 13.5. The fourth-order valence-corrected chi connectivity index (χ4v) is 6.23. The van der Waals surface area contributed by atoms with Crippen molar-refractivity contribution >= 4 is 50.9 Å². The molecule has 0 aliphatic heterocycles. The van der Waals surface area contributed by atoms with Gasteiger partial charge in [-0.05, 0) is 55.2 Å². The van der Waals surface area contributed by atoms with Crippen molar-refractivity contribution in [1.82, 2.24) is 14.5 Å². The molecule has 3 aromatic rings. The Morgan fingerprint density at radius 2 is 1.58 bits per heavy atom. The van der Waals surface area contributed by atoms with Crippen molar-refractivity contribution in [1.29, 1.82) is 0 Å². The van der Waals surface area contributed by atoms with E-state index in [-0.39, 0.29) is 18.9 Å². The van der Waals surface area contributed by atoms with Gasteiger partial charge in [0.05, 0.1) is 5.69 Å². The van der Waals surface area contributed by atoms with Gasteiger partial charge in [-0.25, -0.2) is 4.31 Å². The Morgan fingerprint density at radius 1 is 0.930 bits per heavy atom. The zero-order chi connectivity index (χ0) is 31.7. The molecule has 0 aliphatic rings. The second kappa shape index (κ2) is 15.6. The highest BCUT2D eigenvalue weighted by atomic mass is 35.5. The van der Waals surface area contributed by atoms with Gasteiger partial charge in [-0.3, -0.25) is 9.59 Å². The maximum Gasteiger partial charge on any atom is 0.304 e. The highest BCUT2D eigenvalue weighted by Gasteiger charge is 2.35. The number of carbonyl (C=O) groups is 2. The number of hydrogen-bond donors (Lipinski definition) is 1. The Kier molecular flexibility index (Phi) is 12.4. The third kappa shape index (κ3) is 8.95. The lowest BCUT2D eigenvalue weighted by Crippen LogP contribution is -2.54. The Labute approximate surface area is 265 Å². The molecular formula is C32H40Cl2N4O4S. The zero-order valence-electron chi connectivity index (χ0n) is 25.3. The molecule has 0 saturated carbocycles. The van der Waals surface area contributed by atoms with Crippen LogP contribution >= 0.6 is 23.2 Å². The minimum atomic E-state index is -4.10. The summed E-state index contributed by atoms with van der Waals surface area (Å²) in [5.41, 5.74) is 3.21. The van der Waals surface area contributed by atoms with Gasteiger partial charge < -0.3 is 10.2 Å². The Bertz CT molecular complexity index is 1500. The third-order valence-electron chi connectivity index (χ3n) is 7.14. The van der Waals surface area contributed by atoms with Crippen LogP contribution in [0.3, 0.4) is 0 Å². The monoisotopic (exact) mass is 646 g/mol. The molecule has 8 nitrogen and oxygen atoms in total. The Balaban J connectivity index is 2.15. The van der Waals surface area contributed by atoms with Crippen LogP contribution in [0.4, 0.5) is 5.69 Å². The van der Waals surface area contributed by atoms with Crippen molar-refractivity contribution in [3.05, 3.63) is 99.0 Å². The van der Waals surface area contributed by atoms with E-state index in [4.69, 9.17) is 23.2 Å². The van der Waals surface area contributed by atoms with E-state index in [2.05, 4.69) is 5.32 Å². The van der Waals surface area contributed by atoms with Crippen molar-refractivity contribution in [2.24, 2.45) is 0 Å². The van der Waals surface area contributed by atoms with Crippen molar-refractivity contribution in [2.75, 3.05) is 31.5 Å². The van der Waals surface area contributed by atoms with Crippen molar-refractivity contribution in [3.8, 4) is 0 Å². The molecule has 1 atom stereocenters. The van der Waals surface area contributed by atoms with Crippen LogP contribution in [-0.2, 0) is 32.8 Å². The van der Waals surface area contributed by atoms with Crippen LogP contribution in [0.2, 0.25) is 10.0 Å². The molecule has 0 aliphatic carbocycles. The van der Waals surface area contributed by atoms with Gasteiger partial charge in [0.15, 0.2) is 0 Å². The number of nitrogens with zero attached hydrogens (tertiary/aromatic N) is 3. The van der Waals surface area contributed by atoms with Crippen molar-refractivity contribution in [3.63, 3.8) is 0 Å². The lowest BCUT2D eigenvalue weighted by atomic mass is 10.0. The molecule has 0 aromatic heterocycles. The highest BCUT2D eigenvalue weighted by Crippen LogP contribution is 2.29. The molecule has 0 bridgehead atoms. The van der Waals surface area contributed by atoms with Crippen LogP contribution in [0.5, 0.6) is 0 Å². The molecular weight excluding hydrogens is 607 g/mol. The standard InChI is InChI=1S/C32H40Cl2N4O4S/c1-6-7-18-35-32(40)30(20-25-12-9-8-10-13-25)37(21-26-27(33)14-11-15-28(26)34)31(39)22-38(43(41,42)36(4)5)29-19-23(2)16-17-24(29)3/h8-17,19,30H,6-7,18,20-22H2,1-5H3,(H,35,40)/t30-/m1/s1. The topological polar surface area (TPSA) is 90.0 Å². The van der Waals surface area contributed by atoms with Gasteiger partial charge in [0.1, 0.15) is 12.6 Å². The summed E-state index contributed by atoms with van der Waals surface area (Å²) in [6.07, 6.45) is 1.86. The van der Waals surface area contributed by atoms with E-state index >= 15 is 0 Å². The van der Waals surface area contributed by atoms with Gasteiger partial charge in [-0.1, -0.05) is 85.1 Å². The maximum absolute atomic E-state index is 14.4. The number of hydrogen-bond acceptors (Lipinski definition) is 4. The average molecular weight is 648 g/mol. The van der Waals surface area contributed by atoms with Crippen molar-refractivity contribution in [2.45, 2.75) is 52.6 Å². The lowest BCUT2D eigenvalue weighted by molar-refractivity contribution is -0.140. The van der Waals surface area contributed by atoms with Gasteiger partial charge in [0, 0.05) is 49.2 Å². The molecule has 0 radical (unpaired) electrons. The molecule has 1 N–H and O–H groups in total. The van der Waals surface area contributed by atoms with Crippen LogP contribution in [0, 0.1) is 13.8 Å². The van der Waals surface area contributed by atoms with Gasteiger partial charge in [-0.2, -0.15) is 12.7 Å². The van der Waals surface area contributed by atoms with E-state index in [1.165, 1.54) is 19.0 Å². The molecule has 0 heterocycles. The number of amides is 2. The Hall–Kier alpha value is -3.11. The number of benzene rings is 3. The third-order valence-corrected chi connectivity index (χ3v) is 9.66. The number of carbonyl (C=O) groups excluding carboxylic acids is 2. The molecule has 2 amide bonds. The lowest BCUT2D eigenvalue weighted by Gasteiger charge is -2.35. The van der Waals surface area contributed by atoms with E-state index < -0.39 is 28.7 Å². The maximum atomic E-state index is 14.4. The summed E-state index contributed by atoms with van der Waals surface area (Å²) < 4.78 is 29.5. The Morgan fingerprint density at radius 3 is 2.19 bits per heavy atom. The average Bonchev–Trinajstić information content (AvgIpc) is 2.96. The molecule has 0 saturated heterocycles. The number of aryl methyl sites for hydroxylation is 2. The van der Waals surface area contributed by atoms with Gasteiger partial charge in [0.25, 0.3) is 0 Å². The summed E-state index contributed by atoms with van der Waals surface area (Å²) in [5, 5.41) is 3.64. The van der Waals surface area contributed by atoms with Crippen LogP contribution in [0.25, 0.3) is 0 Å². The second-order valence-electron chi connectivity index (χ2n) is 10.7. The molecule has 232 valence electrons. The molecule has 43 heavy (non-hydrogen) atoms. The normalized spacial score (nSPS) is 12.2. The first kappa shape index (κ1) is 34.4. The minimum Gasteiger partial charge on any atom is -0.354 e. The van der Waals surface area contributed by atoms with Crippen LogP contribution in [0.15, 0.2) is 66.7 Å². The summed E-state index contributed by atoms with van der Waals surface area (Å²) in [6.45, 7) is 5.47. The first-order valence-electron chi connectivity index (χ1n) is 14.2. The molecule has 11 heteroatoms. The fourth-order valence-electron chi connectivity index (χ4n) is 4.60. The SMILES string of the molecule is CCCCNC(=O)[C@@H](Cc1ccccc1)N(Cc1c(Cl)cccc1Cl)C(=O)CN(c1cc(C)ccc1C)S(=O)(=O)N(C)C. The van der Waals surface area contributed by atoms with Gasteiger partial charge in [0.2, 0.25) is 11.8 Å². The number of halogens is 2. The predicted octanol–water partition coefficient (Wildman–Crippen LogP) is 5.78. The predicted molar refractivity (Wildman–Crippen MR) is 175 cm³/mol. The largest absolute Gasteiger partial charge is 0.354 e. The highest BCUT2D eigenvalue weighted by molar-refractivity contribution is 7.90.